The third-order valence-electron chi connectivity index (χ3n) is 12.0. The van der Waals surface area contributed by atoms with Gasteiger partial charge < -0.3 is 45.6 Å². The first-order valence-corrected chi connectivity index (χ1v) is 25.0. The van der Waals surface area contributed by atoms with E-state index in [1.54, 1.807) is 17.5 Å². The van der Waals surface area contributed by atoms with E-state index in [0.29, 0.717) is 56.8 Å². The minimum Gasteiger partial charge on any atom is -0.491 e. The van der Waals surface area contributed by atoms with E-state index in [2.05, 4.69) is 52.1 Å². The van der Waals surface area contributed by atoms with Crippen molar-refractivity contribution < 1.29 is 33.8 Å². The van der Waals surface area contributed by atoms with Crippen molar-refractivity contribution in [2.45, 2.75) is 110 Å². The van der Waals surface area contributed by atoms with Crippen molar-refractivity contribution in [2.75, 3.05) is 57.1 Å². The van der Waals surface area contributed by atoms with Gasteiger partial charge >= 0.3 is 0 Å². The number of ether oxygens (including phenoxy) is 2. The van der Waals surface area contributed by atoms with Crippen LogP contribution >= 0.6 is 27.3 Å². The quantitative estimate of drug-likeness (QED) is 0.0442. The van der Waals surface area contributed by atoms with Gasteiger partial charge in [-0.25, -0.2) is 9.97 Å². The predicted octanol–water partition coefficient (Wildman–Crippen LogP) is 7.24. The number of halogens is 1. The third-order valence-corrected chi connectivity index (χ3v) is 13.6. The number of hydrogen-bond donors (Lipinski definition) is 5. The Kier molecular flexibility index (Phi) is 18.9. The molecule has 1 saturated carbocycles. The van der Waals surface area contributed by atoms with Gasteiger partial charge in [0.1, 0.15) is 30.3 Å². The molecule has 0 radical (unpaired) electrons. The number of likely N-dealkylation sites (tertiary alicyclic amines) is 1. The molecule has 1 aliphatic heterocycles. The zero-order valence-corrected chi connectivity index (χ0v) is 41.7. The van der Waals surface area contributed by atoms with Crippen LogP contribution in [-0.2, 0) is 30.5 Å². The van der Waals surface area contributed by atoms with Crippen molar-refractivity contribution in [1.82, 2.24) is 35.4 Å². The lowest BCUT2D eigenvalue weighted by Gasteiger charge is -2.35. The summed E-state index contributed by atoms with van der Waals surface area (Å²) in [6.45, 7) is 10.6. The van der Waals surface area contributed by atoms with E-state index in [0.717, 1.165) is 70.4 Å². The lowest BCUT2D eigenvalue weighted by molar-refractivity contribution is -0.144. The second-order valence-electron chi connectivity index (χ2n) is 18.4. The van der Waals surface area contributed by atoms with Crippen LogP contribution in [0.4, 0.5) is 17.5 Å². The lowest BCUT2D eigenvalue weighted by Crippen LogP contribution is -2.57. The Bertz CT molecular complexity index is 2250. The fourth-order valence-corrected chi connectivity index (χ4v) is 9.06. The Balaban J connectivity index is 0.838. The number of nitrogens with one attached hydrogen (secondary N) is 4. The van der Waals surface area contributed by atoms with Crippen molar-refractivity contribution in [3.63, 3.8) is 0 Å². The number of aromatic nitrogens is 3. The highest BCUT2D eigenvalue weighted by molar-refractivity contribution is 9.10. The van der Waals surface area contributed by atoms with Gasteiger partial charge in [-0.1, -0.05) is 57.9 Å². The number of amides is 4. The molecule has 0 spiro atoms. The highest BCUT2D eigenvalue weighted by Crippen LogP contribution is 2.30. The Morgan fingerprint density at radius 3 is 2.43 bits per heavy atom. The van der Waals surface area contributed by atoms with Crippen LogP contribution in [0, 0.1) is 18.3 Å². The Morgan fingerprint density at radius 1 is 0.985 bits per heavy atom. The fraction of sp³-hybridized carbons (Fsp3) is 0.531. The van der Waals surface area contributed by atoms with Gasteiger partial charge in [-0.3, -0.25) is 19.2 Å². The number of benzene rings is 2. The van der Waals surface area contributed by atoms with Crippen LogP contribution in [0.25, 0.3) is 10.4 Å². The standard InChI is InChI=1S/C49H66BrN9O7S/c1-32-42(67-31-54-32)34-16-14-33(15-17-34)28-52-45(62)40-27-37(60)30-59(40)47(64)43(49(2,3)4)56-41(61)13-7-6-8-24-65-25-26-66-38-20-18-36(19-21-38)55-48-53-29-39(50)44(57-48)51-22-10-23-58(5)46(63)35-11-9-12-35/h14-21,29,31,35,37,40,43,60H,6-13,22-28,30H2,1-5H3,(H,52,62)(H,56,61)(H2,51,53,55,57)/t37-,40+,43-/m1/s1. The smallest absolute Gasteiger partial charge is 0.246 e. The maximum Gasteiger partial charge on any atom is 0.246 e. The number of aliphatic hydroxyl groups is 1. The summed E-state index contributed by atoms with van der Waals surface area (Å²) in [5.74, 6) is 1.31. The number of aliphatic hydroxyl groups excluding tert-OH is 1. The molecule has 362 valence electrons. The van der Waals surface area contributed by atoms with Crippen molar-refractivity contribution >= 4 is 68.3 Å². The monoisotopic (exact) mass is 1000 g/mol. The van der Waals surface area contributed by atoms with Gasteiger partial charge in [0.05, 0.1) is 33.3 Å². The van der Waals surface area contributed by atoms with E-state index in [4.69, 9.17) is 9.47 Å². The summed E-state index contributed by atoms with van der Waals surface area (Å²) < 4.78 is 12.4. The summed E-state index contributed by atoms with van der Waals surface area (Å²) in [7, 11) is 1.87. The zero-order valence-electron chi connectivity index (χ0n) is 39.3. The number of carbonyl (C=O) groups is 4. The van der Waals surface area contributed by atoms with Gasteiger partial charge in [-0.15, -0.1) is 11.3 Å². The maximum atomic E-state index is 14.0. The number of anilines is 3. The predicted molar refractivity (Wildman–Crippen MR) is 264 cm³/mol. The van der Waals surface area contributed by atoms with Crippen LogP contribution in [0.1, 0.15) is 89.8 Å². The molecule has 18 heteroatoms. The number of thiazole rings is 1. The summed E-state index contributed by atoms with van der Waals surface area (Å²) in [6.07, 6.45) is 7.35. The second-order valence-corrected chi connectivity index (χ2v) is 20.1. The molecule has 16 nitrogen and oxygen atoms in total. The third kappa shape index (κ3) is 15.2. The average molecular weight is 1010 g/mol. The Morgan fingerprint density at radius 2 is 1.75 bits per heavy atom. The number of nitrogens with zero attached hydrogens (tertiary/aromatic N) is 5. The molecular weight excluding hydrogens is 939 g/mol. The highest BCUT2D eigenvalue weighted by atomic mass is 79.9. The lowest BCUT2D eigenvalue weighted by atomic mass is 9.84. The number of aryl methyl sites for hydroxylation is 1. The molecule has 2 aromatic carbocycles. The van der Waals surface area contributed by atoms with E-state index in [9.17, 15) is 24.3 Å². The Labute approximate surface area is 406 Å². The largest absolute Gasteiger partial charge is 0.491 e. The first-order valence-electron chi connectivity index (χ1n) is 23.3. The SMILES string of the molecule is Cc1ncsc1-c1ccc(CNC(=O)[C@@H]2C[C@@H](O)CN2C(=O)[C@@H](NC(=O)CCCCCOCCOc2ccc(Nc3ncc(Br)c(NCCCN(C)C(=O)C4CCC4)n3)cc2)C(C)(C)C)cc1. The molecule has 1 saturated heterocycles. The molecule has 0 unspecified atom stereocenters. The minimum absolute atomic E-state index is 0.0195. The molecule has 6 rings (SSSR count). The van der Waals surface area contributed by atoms with Crippen molar-refractivity contribution in [3.8, 4) is 16.2 Å². The van der Waals surface area contributed by atoms with Gasteiger partial charge in [-0.05, 0) is 95.8 Å². The van der Waals surface area contributed by atoms with Crippen molar-refractivity contribution in [1.29, 1.82) is 0 Å². The van der Waals surface area contributed by atoms with Crippen LogP contribution < -0.4 is 26.0 Å². The van der Waals surface area contributed by atoms with Crippen LogP contribution in [0.2, 0.25) is 0 Å². The summed E-state index contributed by atoms with van der Waals surface area (Å²) in [4.78, 5) is 70.6. The first kappa shape index (κ1) is 51.2. The topological polar surface area (TPSA) is 200 Å². The number of hydrogen-bond acceptors (Lipinski definition) is 13. The van der Waals surface area contributed by atoms with E-state index in [-0.39, 0.29) is 55.5 Å². The average Bonchev–Trinajstić information content (AvgIpc) is 3.91. The van der Waals surface area contributed by atoms with Gasteiger partial charge in [0.25, 0.3) is 0 Å². The van der Waals surface area contributed by atoms with Gasteiger partial charge in [-0.2, -0.15) is 4.98 Å². The van der Waals surface area contributed by atoms with Crippen LogP contribution in [0.15, 0.2) is 64.7 Å². The van der Waals surface area contributed by atoms with Gasteiger partial charge in [0.2, 0.25) is 29.6 Å². The first-order chi connectivity index (χ1) is 32.2. The van der Waals surface area contributed by atoms with Crippen LogP contribution in [0.5, 0.6) is 5.75 Å². The minimum atomic E-state index is -0.875. The fourth-order valence-electron chi connectivity index (χ4n) is 7.92. The van der Waals surface area contributed by atoms with Crippen molar-refractivity contribution in [2.24, 2.45) is 11.3 Å². The molecule has 2 aliphatic rings. The van der Waals surface area contributed by atoms with Crippen molar-refractivity contribution in [3.05, 3.63) is 76.0 Å². The normalized spacial score (nSPS) is 16.5. The number of carbonyl (C=O) groups excluding carboxylic acids is 4. The highest BCUT2D eigenvalue weighted by Gasteiger charge is 2.44. The molecule has 5 N–H and O–H groups in total. The van der Waals surface area contributed by atoms with E-state index in [1.165, 1.54) is 4.90 Å². The number of rotatable bonds is 24. The molecule has 0 bridgehead atoms. The molecule has 4 amide bonds. The molecule has 3 atom stereocenters. The zero-order chi connectivity index (χ0) is 47.9. The molecular formula is C49H66BrN9O7S. The maximum absolute atomic E-state index is 14.0. The summed E-state index contributed by atoms with van der Waals surface area (Å²) in [5.41, 5.74) is 4.93. The molecule has 4 aromatic rings. The number of unbranched alkanes of at least 4 members (excludes halogenated alkanes) is 2. The molecule has 2 aromatic heterocycles. The van der Waals surface area contributed by atoms with E-state index in [1.807, 2.05) is 93.7 Å². The summed E-state index contributed by atoms with van der Waals surface area (Å²) in [5, 5.41) is 23.0. The van der Waals surface area contributed by atoms with E-state index >= 15 is 0 Å². The van der Waals surface area contributed by atoms with Gasteiger partial charge in [0, 0.05) is 70.5 Å². The molecule has 2 fully saturated rings. The second kappa shape index (κ2) is 24.7. The number of β-amino-alcohol motifs (C(OH)–C–C–N with tert-alkyl or cyclic N) is 1. The Hall–Kier alpha value is -5.17. The van der Waals surface area contributed by atoms with Crippen LogP contribution in [-0.4, -0.2) is 118 Å². The molecule has 1 aliphatic carbocycles. The van der Waals surface area contributed by atoms with Gasteiger partial charge in [0.15, 0.2) is 0 Å². The molecule has 67 heavy (non-hydrogen) atoms. The molecule has 3 heterocycles. The summed E-state index contributed by atoms with van der Waals surface area (Å²) >= 11 is 5.10. The van der Waals surface area contributed by atoms with E-state index < -0.39 is 23.6 Å². The van der Waals surface area contributed by atoms with Crippen LogP contribution in [0.3, 0.4) is 0 Å². The summed E-state index contributed by atoms with van der Waals surface area (Å²) in [6, 6.07) is 13.7.